The molecule has 2 rings (SSSR count). The second-order valence-corrected chi connectivity index (χ2v) is 5.62. The van der Waals surface area contributed by atoms with Gasteiger partial charge in [-0.3, -0.25) is 5.41 Å². The normalized spacial score (nSPS) is 31.9. The van der Waals surface area contributed by atoms with Crippen LogP contribution in [0.3, 0.4) is 0 Å². The van der Waals surface area contributed by atoms with Crippen LogP contribution in [0.25, 0.3) is 0 Å². The molecule has 92 valence electrons. The fraction of sp³-hybridized carbons (Fsp3) is 0.462. The summed E-state index contributed by atoms with van der Waals surface area (Å²) in [5, 5.41) is 27.1. The first-order valence-corrected chi connectivity index (χ1v) is 6.71. The predicted molar refractivity (Wildman–Crippen MR) is 71.2 cm³/mol. The van der Waals surface area contributed by atoms with Crippen molar-refractivity contribution in [1.82, 2.24) is 0 Å². The Morgan fingerprint density at radius 2 is 2.17 bits per heavy atom. The first-order chi connectivity index (χ1) is 8.69. The Bertz CT molecular complexity index is 506. The van der Waals surface area contributed by atoms with Gasteiger partial charge < -0.3 is 5.73 Å². The summed E-state index contributed by atoms with van der Waals surface area (Å²) in [5.74, 6) is -0.485. The quantitative estimate of drug-likeness (QED) is 0.706. The molecule has 4 nitrogen and oxygen atoms in total. The highest BCUT2D eigenvalue weighted by molar-refractivity contribution is 8.17. The Balaban J connectivity index is 2.40. The molecule has 2 aliphatic rings. The molecule has 0 fully saturated rings. The third-order valence-corrected chi connectivity index (χ3v) is 4.45. The molecule has 0 bridgehead atoms. The summed E-state index contributed by atoms with van der Waals surface area (Å²) < 4.78 is 0. The Morgan fingerprint density at radius 3 is 2.72 bits per heavy atom. The van der Waals surface area contributed by atoms with Gasteiger partial charge in [0.2, 0.25) is 0 Å². The van der Waals surface area contributed by atoms with Crippen molar-refractivity contribution in [1.29, 1.82) is 15.9 Å². The van der Waals surface area contributed by atoms with E-state index in [4.69, 9.17) is 11.1 Å². The summed E-state index contributed by atoms with van der Waals surface area (Å²) in [4.78, 5) is 0. The van der Waals surface area contributed by atoms with Crippen LogP contribution in [0.1, 0.15) is 19.3 Å². The van der Waals surface area contributed by atoms with E-state index in [1.54, 1.807) is 0 Å². The van der Waals surface area contributed by atoms with E-state index in [9.17, 15) is 10.5 Å². The van der Waals surface area contributed by atoms with Crippen molar-refractivity contribution >= 4 is 16.8 Å². The number of nitriles is 2. The van der Waals surface area contributed by atoms with Crippen LogP contribution in [0.2, 0.25) is 0 Å². The molecule has 5 heteroatoms. The van der Waals surface area contributed by atoms with Gasteiger partial charge in [0, 0.05) is 5.92 Å². The zero-order chi connectivity index (χ0) is 13.1. The van der Waals surface area contributed by atoms with E-state index < -0.39 is 5.92 Å². The third-order valence-electron chi connectivity index (χ3n) is 3.54. The van der Waals surface area contributed by atoms with Gasteiger partial charge in [0.15, 0.2) is 0 Å². The summed E-state index contributed by atoms with van der Waals surface area (Å²) in [6.07, 6.45) is 7.01. The molecular weight excluding hydrogens is 244 g/mol. The molecule has 0 aromatic carbocycles. The minimum atomic E-state index is -0.520. The van der Waals surface area contributed by atoms with Gasteiger partial charge in [0.25, 0.3) is 0 Å². The zero-order valence-corrected chi connectivity index (χ0v) is 10.7. The minimum absolute atomic E-state index is 0.210. The number of nitrogens with two attached hydrogens (primary N) is 1. The third kappa shape index (κ3) is 2.14. The molecule has 1 heterocycles. The van der Waals surface area contributed by atoms with Crippen LogP contribution in [0, 0.1) is 45.8 Å². The Labute approximate surface area is 111 Å². The maximum absolute atomic E-state index is 9.27. The van der Waals surface area contributed by atoms with Crippen LogP contribution in [-0.2, 0) is 0 Å². The number of hydrogen-bond acceptors (Lipinski definition) is 5. The number of nitrogens with one attached hydrogen (secondary N) is 1. The van der Waals surface area contributed by atoms with Crippen molar-refractivity contribution in [2.45, 2.75) is 19.3 Å². The average molecular weight is 258 g/mol. The Hall–Kier alpha value is -1.72. The van der Waals surface area contributed by atoms with Crippen LogP contribution >= 0.6 is 11.8 Å². The van der Waals surface area contributed by atoms with E-state index in [0.29, 0.717) is 10.6 Å². The molecule has 0 radical (unpaired) electrons. The Morgan fingerprint density at radius 1 is 1.39 bits per heavy atom. The molecule has 0 unspecified atom stereocenters. The van der Waals surface area contributed by atoms with Crippen LogP contribution in [0.4, 0.5) is 0 Å². The molecule has 1 aliphatic heterocycles. The van der Waals surface area contributed by atoms with Gasteiger partial charge in [0.1, 0.15) is 5.92 Å². The first kappa shape index (κ1) is 12.7. The smallest absolute Gasteiger partial charge is 0.102 e. The van der Waals surface area contributed by atoms with E-state index in [1.165, 1.54) is 0 Å². The van der Waals surface area contributed by atoms with Crippen LogP contribution in [0.15, 0.2) is 22.8 Å². The van der Waals surface area contributed by atoms with Crippen molar-refractivity contribution < 1.29 is 0 Å². The fourth-order valence-electron chi connectivity index (χ4n) is 2.65. The summed E-state index contributed by atoms with van der Waals surface area (Å²) in [7, 11) is 0. The Kier molecular flexibility index (Phi) is 3.74. The van der Waals surface area contributed by atoms with Gasteiger partial charge in [-0.25, -0.2) is 0 Å². The van der Waals surface area contributed by atoms with E-state index in [1.807, 2.05) is 0 Å². The highest BCUT2D eigenvalue weighted by Gasteiger charge is 2.40. The van der Waals surface area contributed by atoms with Gasteiger partial charge >= 0.3 is 0 Å². The number of allylic oxidation sites excluding steroid dienone is 3. The molecule has 0 aromatic rings. The summed E-state index contributed by atoms with van der Waals surface area (Å²) in [6, 6.07) is 4.32. The maximum Gasteiger partial charge on any atom is 0.102 e. The van der Waals surface area contributed by atoms with E-state index >= 15 is 0 Å². The lowest BCUT2D eigenvalue weighted by molar-refractivity contribution is 0.331. The van der Waals surface area contributed by atoms with Crippen molar-refractivity contribution in [3.05, 3.63) is 22.8 Å². The number of hydrogen-bond donors (Lipinski definition) is 2. The standard InChI is InChI=1S/C13H14N4S/c14-6-9-11(8-4-2-1-3-5-8)10(7-15)13(17)18-12(9)16/h1-2,8-9,11,16H,3-5,17H2/t8-,9-,11-/m1/s1. The van der Waals surface area contributed by atoms with E-state index in [-0.39, 0.29) is 16.9 Å². The van der Waals surface area contributed by atoms with Gasteiger partial charge in [-0.15, -0.1) is 0 Å². The van der Waals surface area contributed by atoms with Gasteiger partial charge in [-0.1, -0.05) is 23.9 Å². The van der Waals surface area contributed by atoms with Crippen molar-refractivity contribution in [2.75, 3.05) is 0 Å². The fourth-order valence-corrected chi connectivity index (χ4v) is 3.51. The van der Waals surface area contributed by atoms with Crippen LogP contribution in [0.5, 0.6) is 0 Å². The van der Waals surface area contributed by atoms with E-state index in [2.05, 4.69) is 24.3 Å². The molecule has 1 aliphatic carbocycles. The van der Waals surface area contributed by atoms with E-state index in [0.717, 1.165) is 31.0 Å². The zero-order valence-electron chi connectivity index (χ0n) is 9.89. The van der Waals surface area contributed by atoms with Gasteiger partial charge in [-0.05, 0) is 25.2 Å². The molecule has 3 atom stereocenters. The molecular formula is C13H14N4S. The van der Waals surface area contributed by atoms with Crippen molar-refractivity contribution in [3.63, 3.8) is 0 Å². The lowest BCUT2D eigenvalue weighted by Gasteiger charge is -2.34. The molecule has 0 amide bonds. The molecule has 0 saturated carbocycles. The lowest BCUT2D eigenvalue weighted by Crippen LogP contribution is -2.34. The molecule has 0 aromatic heterocycles. The molecule has 0 spiro atoms. The van der Waals surface area contributed by atoms with Gasteiger partial charge in [0.05, 0.1) is 27.8 Å². The lowest BCUT2D eigenvalue weighted by atomic mass is 9.73. The number of thioether (sulfide) groups is 1. The van der Waals surface area contributed by atoms with Crippen LogP contribution < -0.4 is 5.73 Å². The van der Waals surface area contributed by atoms with Crippen molar-refractivity contribution in [2.24, 2.45) is 23.5 Å². The summed E-state index contributed by atoms with van der Waals surface area (Å²) in [5.41, 5.74) is 6.35. The average Bonchev–Trinajstić information content (AvgIpc) is 2.39. The SMILES string of the molecule is N#CC1=C(N)SC(=N)[C@H](C#N)[C@H]1[C@@H]1CC=CCC1. The first-order valence-electron chi connectivity index (χ1n) is 5.89. The minimum Gasteiger partial charge on any atom is -0.392 e. The molecule has 3 N–H and O–H groups in total. The summed E-state index contributed by atoms with van der Waals surface area (Å²) in [6.45, 7) is 0. The molecule has 18 heavy (non-hydrogen) atoms. The predicted octanol–water partition coefficient (Wildman–Crippen LogP) is 2.52. The number of nitrogens with zero attached hydrogens (tertiary/aromatic N) is 2. The number of rotatable bonds is 1. The topological polar surface area (TPSA) is 97.4 Å². The highest BCUT2D eigenvalue weighted by atomic mass is 32.2. The second-order valence-electron chi connectivity index (χ2n) is 4.53. The second kappa shape index (κ2) is 5.29. The monoisotopic (exact) mass is 258 g/mol. The van der Waals surface area contributed by atoms with Crippen LogP contribution in [-0.4, -0.2) is 5.04 Å². The molecule has 0 saturated heterocycles. The largest absolute Gasteiger partial charge is 0.392 e. The maximum atomic E-state index is 9.27. The highest BCUT2D eigenvalue weighted by Crippen LogP contribution is 2.43. The summed E-state index contributed by atoms with van der Waals surface area (Å²) >= 11 is 1.05. The van der Waals surface area contributed by atoms with Gasteiger partial charge in [-0.2, -0.15) is 10.5 Å². The van der Waals surface area contributed by atoms with Crippen molar-refractivity contribution in [3.8, 4) is 12.1 Å².